The van der Waals surface area contributed by atoms with Gasteiger partial charge in [-0.1, -0.05) is 32.5 Å². The van der Waals surface area contributed by atoms with Crippen molar-refractivity contribution in [3.63, 3.8) is 0 Å². The van der Waals surface area contributed by atoms with Crippen LogP contribution in [0.15, 0.2) is 4.34 Å². The number of rotatable bonds is 8. The summed E-state index contributed by atoms with van der Waals surface area (Å²) in [5.41, 5.74) is -0.458. The van der Waals surface area contributed by atoms with E-state index in [9.17, 15) is 5.26 Å². The van der Waals surface area contributed by atoms with Crippen LogP contribution in [0.3, 0.4) is 0 Å². The maximum Gasteiger partial charge on any atom is 0.170 e. The quantitative estimate of drug-likeness (QED) is 0.746. The topological polar surface area (TPSA) is 61.6 Å². The van der Waals surface area contributed by atoms with Crippen LogP contribution in [0.5, 0.6) is 0 Å². The summed E-state index contributed by atoms with van der Waals surface area (Å²) >= 11 is 3.16. The van der Waals surface area contributed by atoms with Gasteiger partial charge in [-0.15, -0.1) is 0 Å². The second-order valence-electron chi connectivity index (χ2n) is 4.83. The maximum atomic E-state index is 9.32. The van der Waals surface area contributed by atoms with Crippen LogP contribution in [0.2, 0.25) is 0 Å². The molecule has 0 aliphatic rings. The lowest BCUT2D eigenvalue weighted by Crippen LogP contribution is -2.43. The van der Waals surface area contributed by atoms with E-state index in [1.54, 1.807) is 11.8 Å². The lowest BCUT2D eigenvalue weighted by molar-refractivity contribution is 0.418. The highest BCUT2D eigenvalue weighted by molar-refractivity contribution is 8.01. The summed E-state index contributed by atoms with van der Waals surface area (Å²) in [5.74, 6) is 0.909. The minimum atomic E-state index is -0.458. The van der Waals surface area contributed by atoms with Crippen molar-refractivity contribution in [1.82, 2.24) is 14.7 Å². The lowest BCUT2D eigenvalue weighted by atomic mass is 9.98. The highest BCUT2D eigenvalue weighted by Gasteiger charge is 2.26. The first-order valence-corrected chi connectivity index (χ1v) is 8.33. The van der Waals surface area contributed by atoms with Gasteiger partial charge in [0.2, 0.25) is 0 Å². The second-order valence-corrected chi connectivity index (χ2v) is 7.27. The Morgan fingerprint density at radius 2 is 2.26 bits per heavy atom. The molecule has 106 valence electrons. The summed E-state index contributed by atoms with van der Waals surface area (Å²) in [6.07, 6.45) is 2.71. The number of nitrogens with one attached hydrogen (secondary N) is 1. The van der Waals surface area contributed by atoms with Crippen LogP contribution >= 0.6 is 23.3 Å². The minimum absolute atomic E-state index is 0.340. The Bertz CT molecular complexity index is 427. The Hall–Kier alpha value is -0.640. The summed E-state index contributed by atoms with van der Waals surface area (Å²) in [4.78, 5) is 4.45. The molecule has 1 aromatic heterocycles. The first-order chi connectivity index (χ1) is 9.03. The molecule has 0 amide bonds. The average molecular weight is 298 g/mol. The molecule has 0 aliphatic heterocycles. The van der Waals surface area contributed by atoms with Crippen molar-refractivity contribution in [3.05, 3.63) is 5.82 Å². The van der Waals surface area contributed by atoms with E-state index < -0.39 is 5.54 Å². The second kappa shape index (κ2) is 7.83. The molecule has 0 fully saturated rings. The Morgan fingerprint density at radius 3 is 2.79 bits per heavy atom. The number of aryl methyl sites for hydroxylation is 1. The standard InChI is InChI=1S/C13H22N4S2/c1-5-7-15-13(4,9-14)8-10(3)18-12-16-11(6-2)17-19-12/h10,15H,5-8H2,1-4H3. The van der Waals surface area contributed by atoms with E-state index in [1.165, 1.54) is 11.5 Å². The zero-order chi connectivity index (χ0) is 14.3. The molecule has 0 saturated carbocycles. The Kier molecular flexibility index (Phi) is 6.76. The van der Waals surface area contributed by atoms with Gasteiger partial charge in [0.05, 0.1) is 6.07 Å². The van der Waals surface area contributed by atoms with Gasteiger partial charge in [0.15, 0.2) is 4.34 Å². The van der Waals surface area contributed by atoms with Gasteiger partial charge in [0, 0.05) is 11.7 Å². The fraction of sp³-hybridized carbons (Fsp3) is 0.769. The number of thioether (sulfide) groups is 1. The largest absolute Gasteiger partial charge is 0.300 e. The number of nitriles is 1. The van der Waals surface area contributed by atoms with Crippen molar-refractivity contribution in [2.24, 2.45) is 0 Å². The summed E-state index contributed by atoms with van der Waals surface area (Å²) in [6.45, 7) is 9.15. The van der Waals surface area contributed by atoms with E-state index in [0.29, 0.717) is 5.25 Å². The van der Waals surface area contributed by atoms with E-state index in [4.69, 9.17) is 0 Å². The van der Waals surface area contributed by atoms with Gasteiger partial charge in [-0.05, 0) is 37.8 Å². The molecule has 1 rings (SSSR count). The van der Waals surface area contributed by atoms with Gasteiger partial charge in [-0.3, -0.25) is 5.32 Å². The van der Waals surface area contributed by atoms with Gasteiger partial charge in [-0.2, -0.15) is 9.64 Å². The van der Waals surface area contributed by atoms with Crippen LogP contribution in [-0.4, -0.2) is 26.7 Å². The highest BCUT2D eigenvalue weighted by Crippen LogP contribution is 2.29. The molecule has 1 aromatic rings. The van der Waals surface area contributed by atoms with Crippen molar-refractivity contribution < 1.29 is 0 Å². The summed E-state index contributed by atoms with van der Waals surface area (Å²) < 4.78 is 5.28. The smallest absolute Gasteiger partial charge is 0.170 e. The van der Waals surface area contributed by atoms with E-state index in [0.717, 1.165) is 36.0 Å². The maximum absolute atomic E-state index is 9.32. The molecule has 0 spiro atoms. The van der Waals surface area contributed by atoms with Crippen LogP contribution in [0.1, 0.15) is 46.4 Å². The van der Waals surface area contributed by atoms with E-state index in [1.807, 2.05) is 6.92 Å². The van der Waals surface area contributed by atoms with Crippen molar-refractivity contribution in [1.29, 1.82) is 5.26 Å². The fourth-order valence-corrected chi connectivity index (χ4v) is 3.97. The van der Waals surface area contributed by atoms with Gasteiger partial charge in [0.1, 0.15) is 11.4 Å². The monoisotopic (exact) mass is 298 g/mol. The molecule has 0 saturated heterocycles. The van der Waals surface area contributed by atoms with Crippen LogP contribution in [0.25, 0.3) is 0 Å². The lowest BCUT2D eigenvalue weighted by Gasteiger charge is -2.25. The predicted octanol–water partition coefficient (Wildman–Crippen LogP) is 3.25. The minimum Gasteiger partial charge on any atom is -0.300 e. The molecule has 2 unspecified atom stereocenters. The van der Waals surface area contributed by atoms with Gasteiger partial charge >= 0.3 is 0 Å². The summed E-state index contributed by atoms with van der Waals surface area (Å²) in [6, 6.07) is 2.39. The third-order valence-corrected chi connectivity index (χ3v) is 4.70. The first-order valence-electron chi connectivity index (χ1n) is 6.68. The van der Waals surface area contributed by atoms with Crippen LogP contribution < -0.4 is 5.32 Å². The average Bonchev–Trinajstić information content (AvgIpc) is 2.83. The SMILES string of the molecule is CCCNC(C)(C#N)CC(C)Sc1nc(CC)ns1. The summed E-state index contributed by atoms with van der Waals surface area (Å²) in [7, 11) is 0. The molecule has 2 atom stereocenters. The molecule has 19 heavy (non-hydrogen) atoms. The number of aromatic nitrogens is 2. The molecule has 1 N–H and O–H groups in total. The first kappa shape index (κ1) is 16.4. The van der Waals surface area contributed by atoms with Crippen molar-refractivity contribution >= 4 is 23.3 Å². The van der Waals surface area contributed by atoms with Crippen molar-refractivity contribution in [3.8, 4) is 6.07 Å². The summed E-state index contributed by atoms with van der Waals surface area (Å²) in [5, 5.41) is 13.0. The van der Waals surface area contributed by atoms with Crippen molar-refractivity contribution in [2.75, 3.05) is 6.54 Å². The molecule has 0 bridgehead atoms. The predicted molar refractivity (Wildman–Crippen MR) is 81.5 cm³/mol. The third kappa shape index (κ3) is 5.47. The van der Waals surface area contributed by atoms with Crippen LogP contribution in [0.4, 0.5) is 0 Å². The van der Waals surface area contributed by atoms with Gasteiger partial charge in [0.25, 0.3) is 0 Å². The molecular weight excluding hydrogens is 276 g/mol. The number of nitrogens with zero attached hydrogens (tertiary/aromatic N) is 3. The van der Waals surface area contributed by atoms with E-state index in [2.05, 4.69) is 41.5 Å². The Labute approximate surface area is 124 Å². The number of hydrogen-bond donors (Lipinski definition) is 1. The fourth-order valence-electron chi connectivity index (χ4n) is 1.78. The normalized spacial score (nSPS) is 15.7. The molecule has 0 radical (unpaired) electrons. The molecule has 0 aromatic carbocycles. The van der Waals surface area contributed by atoms with Gasteiger partial charge in [-0.25, -0.2) is 4.98 Å². The molecule has 4 nitrogen and oxygen atoms in total. The van der Waals surface area contributed by atoms with E-state index in [-0.39, 0.29) is 0 Å². The zero-order valence-corrected chi connectivity index (χ0v) is 13.7. The van der Waals surface area contributed by atoms with Crippen LogP contribution in [-0.2, 0) is 6.42 Å². The Morgan fingerprint density at radius 1 is 1.53 bits per heavy atom. The van der Waals surface area contributed by atoms with Gasteiger partial charge < -0.3 is 0 Å². The Balaban J connectivity index is 2.53. The molecule has 6 heteroatoms. The third-order valence-electron chi connectivity index (χ3n) is 2.78. The van der Waals surface area contributed by atoms with Crippen molar-refractivity contribution in [2.45, 2.75) is 62.1 Å². The van der Waals surface area contributed by atoms with E-state index >= 15 is 0 Å². The van der Waals surface area contributed by atoms with Crippen LogP contribution in [0, 0.1) is 11.3 Å². The highest BCUT2D eigenvalue weighted by atomic mass is 32.2. The molecular formula is C13H22N4S2. The molecule has 1 heterocycles. The number of hydrogen-bond acceptors (Lipinski definition) is 6. The molecule has 0 aliphatic carbocycles. The zero-order valence-electron chi connectivity index (χ0n) is 12.1.